The summed E-state index contributed by atoms with van der Waals surface area (Å²) in [5, 5.41) is 14.1. The zero-order valence-electron chi connectivity index (χ0n) is 18.3. The van der Waals surface area contributed by atoms with E-state index in [2.05, 4.69) is 34.9 Å². The number of hydrogen-bond acceptors (Lipinski definition) is 5. The Bertz CT molecular complexity index is 978. The van der Waals surface area contributed by atoms with Crippen LogP contribution in [0.5, 0.6) is 0 Å². The molecule has 4 rings (SSSR count). The van der Waals surface area contributed by atoms with E-state index in [0.29, 0.717) is 25.8 Å². The van der Waals surface area contributed by atoms with Crippen molar-refractivity contribution in [1.29, 1.82) is 0 Å². The average molecular weight is 453 g/mol. The van der Waals surface area contributed by atoms with E-state index in [1.54, 1.807) is 0 Å². The van der Waals surface area contributed by atoms with Crippen LogP contribution in [-0.4, -0.2) is 55.0 Å². The molecular formula is C25H28N2O6. The number of carboxylic acid groups (broad SMARTS) is 1. The second kappa shape index (κ2) is 10.5. The maximum absolute atomic E-state index is 12.3. The lowest BCUT2D eigenvalue weighted by molar-refractivity contribution is -0.137. The molecule has 1 saturated heterocycles. The Hall–Kier alpha value is -3.39. The molecule has 3 N–H and O–H groups in total. The number of aliphatic carboxylic acids is 1. The van der Waals surface area contributed by atoms with Gasteiger partial charge in [-0.15, -0.1) is 0 Å². The van der Waals surface area contributed by atoms with Crippen LogP contribution in [0.3, 0.4) is 0 Å². The Morgan fingerprint density at radius 3 is 2.30 bits per heavy atom. The van der Waals surface area contributed by atoms with Crippen LogP contribution in [0.25, 0.3) is 11.1 Å². The van der Waals surface area contributed by atoms with Crippen LogP contribution in [0.4, 0.5) is 4.79 Å². The van der Waals surface area contributed by atoms with E-state index in [4.69, 9.17) is 14.6 Å². The zero-order valence-corrected chi connectivity index (χ0v) is 18.3. The summed E-state index contributed by atoms with van der Waals surface area (Å²) in [5.74, 6) is -1.13. The Balaban J connectivity index is 1.20. The molecule has 1 fully saturated rings. The van der Waals surface area contributed by atoms with Gasteiger partial charge in [0.15, 0.2) is 0 Å². The van der Waals surface area contributed by atoms with Crippen molar-refractivity contribution < 1.29 is 29.0 Å². The van der Waals surface area contributed by atoms with Gasteiger partial charge >= 0.3 is 12.1 Å². The molecule has 0 radical (unpaired) electrons. The van der Waals surface area contributed by atoms with Crippen LogP contribution >= 0.6 is 0 Å². The van der Waals surface area contributed by atoms with Crippen molar-refractivity contribution in [3.05, 3.63) is 59.7 Å². The van der Waals surface area contributed by atoms with Crippen LogP contribution in [0.15, 0.2) is 48.5 Å². The molecule has 2 aliphatic rings. The number of fused-ring (bicyclic) bond motifs is 3. The second-order valence-corrected chi connectivity index (χ2v) is 8.32. The molecule has 8 heteroatoms. The van der Waals surface area contributed by atoms with Gasteiger partial charge in [0.05, 0.1) is 6.10 Å². The van der Waals surface area contributed by atoms with Crippen LogP contribution in [0.2, 0.25) is 0 Å². The van der Waals surface area contributed by atoms with Gasteiger partial charge in [-0.2, -0.15) is 0 Å². The number of ether oxygens (including phenoxy) is 2. The predicted molar refractivity (Wildman–Crippen MR) is 121 cm³/mol. The summed E-state index contributed by atoms with van der Waals surface area (Å²) >= 11 is 0. The summed E-state index contributed by atoms with van der Waals surface area (Å²) in [6, 6.07) is 16.3. The highest BCUT2D eigenvalue weighted by Crippen LogP contribution is 2.44. The largest absolute Gasteiger partial charge is 0.481 e. The van der Waals surface area contributed by atoms with Crippen LogP contribution in [0, 0.1) is 0 Å². The number of rotatable bonds is 9. The second-order valence-electron chi connectivity index (χ2n) is 8.32. The van der Waals surface area contributed by atoms with Gasteiger partial charge in [-0.05, 0) is 41.5 Å². The lowest BCUT2D eigenvalue weighted by Gasteiger charge is -2.16. The van der Waals surface area contributed by atoms with Crippen molar-refractivity contribution >= 4 is 18.0 Å². The summed E-state index contributed by atoms with van der Waals surface area (Å²) in [4.78, 5) is 35.0. The lowest BCUT2D eigenvalue weighted by Crippen LogP contribution is -2.37. The van der Waals surface area contributed by atoms with Crippen molar-refractivity contribution in [2.75, 3.05) is 19.7 Å². The standard InChI is InChI=1S/C25H28N2O6/c28-23(29)10-5-13-26-24(30)22-12-11-16(33-22)14-27-25(31)32-15-21-19-8-3-1-6-17(19)18-7-2-4-9-20(18)21/h1-4,6-9,16,21-22H,5,10-15H2,(H,26,30)(H,27,31)(H,28,29). The molecule has 1 heterocycles. The van der Waals surface area contributed by atoms with Gasteiger partial charge in [0.1, 0.15) is 12.7 Å². The van der Waals surface area contributed by atoms with Crippen molar-refractivity contribution in [3.8, 4) is 11.1 Å². The Labute approximate surface area is 192 Å². The third-order valence-corrected chi connectivity index (χ3v) is 6.08. The molecule has 1 aliphatic heterocycles. The maximum Gasteiger partial charge on any atom is 0.407 e. The monoisotopic (exact) mass is 452 g/mol. The Morgan fingerprint density at radius 2 is 1.64 bits per heavy atom. The van der Waals surface area contributed by atoms with Gasteiger partial charge in [-0.25, -0.2) is 4.79 Å². The smallest absolute Gasteiger partial charge is 0.407 e. The van der Waals surface area contributed by atoms with Gasteiger partial charge in [-0.1, -0.05) is 48.5 Å². The molecule has 0 saturated carbocycles. The Kier molecular flexibility index (Phi) is 7.24. The fourth-order valence-corrected chi connectivity index (χ4v) is 4.46. The first-order valence-electron chi connectivity index (χ1n) is 11.3. The van der Waals surface area contributed by atoms with E-state index in [0.717, 1.165) is 11.1 Å². The molecule has 0 bridgehead atoms. The van der Waals surface area contributed by atoms with E-state index in [1.807, 2.05) is 24.3 Å². The molecule has 2 unspecified atom stereocenters. The third kappa shape index (κ3) is 5.51. The van der Waals surface area contributed by atoms with Crippen molar-refractivity contribution in [2.24, 2.45) is 0 Å². The molecule has 174 valence electrons. The highest BCUT2D eigenvalue weighted by molar-refractivity contribution is 5.81. The third-order valence-electron chi connectivity index (χ3n) is 6.08. The average Bonchev–Trinajstić information content (AvgIpc) is 3.42. The highest BCUT2D eigenvalue weighted by atomic mass is 16.5. The maximum atomic E-state index is 12.3. The fourth-order valence-electron chi connectivity index (χ4n) is 4.46. The molecule has 2 amide bonds. The van der Waals surface area contributed by atoms with E-state index in [1.165, 1.54) is 11.1 Å². The summed E-state index contributed by atoms with van der Waals surface area (Å²) in [7, 11) is 0. The molecule has 2 aromatic rings. The van der Waals surface area contributed by atoms with Crippen molar-refractivity contribution in [1.82, 2.24) is 10.6 Å². The normalized spacial score (nSPS) is 18.9. The number of hydrogen-bond donors (Lipinski definition) is 3. The first-order valence-corrected chi connectivity index (χ1v) is 11.3. The van der Waals surface area contributed by atoms with Gasteiger partial charge in [0, 0.05) is 25.4 Å². The van der Waals surface area contributed by atoms with Gasteiger partial charge in [0.2, 0.25) is 5.91 Å². The van der Waals surface area contributed by atoms with Crippen LogP contribution in [-0.2, 0) is 19.1 Å². The topological polar surface area (TPSA) is 114 Å². The van der Waals surface area contributed by atoms with Gasteiger partial charge < -0.3 is 25.2 Å². The fraction of sp³-hybridized carbons (Fsp3) is 0.400. The number of alkyl carbamates (subject to hydrolysis) is 1. The van der Waals surface area contributed by atoms with E-state index in [-0.39, 0.29) is 37.5 Å². The molecule has 2 atom stereocenters. The first-order chi connectivity index (χ1) is 16.0. The van der Waals surface area contributed by atoms with E-state index < -0.39 is 18.2 Å². The SMILES string of the molecule is O=C(O)CCCNC(=O)C1CCC(CNC(=O)OCC2c3ccccc3-c3ccccc32)O1. The number of nitrogens with one attached hydrogen (secondary N) is 2. The van der Waals surface area contributed by atoms with Crippen LogP contribution in [0.1, 0.15) is 42.7 Å². The lowest BCUT2D eigenvalue weighted by atomic mass is 9.98. The van der Waals surface area contributed by atoms with E-state index in [9.17, 15) is 14.4 Å². The van der Waals surface area contributed by atoms with Crippen molar-refractivity contribution in [2.45, 2.75) is 43.8 Å². The summed E-state index contributed by atoms with van der Waals surface area (Å²) in [5.41, 5.74) is 4.66. The first kappa shape index (κ1) is 22.8. The molecule has 8 nitrogen and oxygen atoms in total. The number of carboxylic acids is 1. The predicted octanol–water partition coefficient (Wildman–Crippen LogP) is 3.05. The van der Waals surface area contributed by atoms with Crippen LogP contribution < -0.4 is 10.6 Å². The molecule has 0 aromatic heterocycles. The number of amides is 2. The molecule has 0 spiro atoms. The minimum atomic E-state index is -0.888. The molecule has 2 aromatic carbocycles. The zero-order chi connectivity index (χ0) is 23.2. The number of benzene rings is 2. The molecular weight excluding hydrogens is 424 g/mol. The summed E-state index contributed by atoms with van der Waals surface area (Å²) in [6.45, 7) is 0.805. The minimum absolute atomic E-state index is 0.0000776. The summed E-state index contributed by atoms with van der Waals surface area (Å²) < 4.78 is 11.2. The minimum Gasteiger partial charge on any atom is -0.481 e. The number of carbonyl (C=O) groups excluding carboxylic acids is 2. The highest BCUT2D eigenvalue weighted by Gasteiger charge is 2.31. The van der Waals surface area contributed by atoms with Crippen molar-refractivity contribution in [3.63, 3.8) is 0 Å². The van der Waals surface area contributed by atoms with Gasteiger partial charge in [-0.3, -0.25) is 9.59 Å². The van der Waals surface area contributed by atoms with Gasteiger partial charge in [0.25, 0.3) is 0 Å². The summed E-state index contributed by atoms with van der Waals surface area (Å²) in [6.07, 6.45) is 0.240. The Morgan fingerprint density at radius 1 is 0.970 bits per heavy atom. The van der Waals surface area contributed by atoms with E-state index >= 15 is 0 Å². The molecule has 33 heavy (non-hydrogen) atoms. The number of carbonyl (C=O) groups is 3. The quantitative estimate of drug-likeness (QED) is 0.504. The molecule has 1 aliphatic carbocycles.